The van der Waals surface area contributed by atoms with Gasteiger partial charge in [0.25, 0.3) is 0 Å². The van der Waals surface area contributed by atoms with Gasteiger partial charge in [-0.2, -0.15) is 13.2 Å². The van der Waals surface area contributed by atoms with Crippen LogP contribution in [0.5, 0.6) is 5.88 Å². The van der Waals surface area contributed by atoms with E-state index in [1.54, 1.807) is 24.3 Å². The first-order chi connectivity index (χ1) is 11.8. The molecule has 0 amide bonds. The summed E-state index contributed by atoms with van der Waals surface area (Å²) in [6.07, 6.45) is -4.40. The third kappa shape index (κ3) is 3.77. The van der Waals surface area contributed by atoms with Crippen LogP contribution in [0.15, 0.2) is 58.8 Å². The van der Waals surface area contributed by atoms with E-state index in [2.05, 4.69) is 20.5 Å². The highest BCUT2D eigenvalue weighted by Gasteiger charge is 2.29. The van der Waals surface area contributed by atoms with Crippen LogP contribution in [0.2, 0.25) is 0 Å². The smallest absolute Gasteiger partial charge is 0.416 e. The van der Waals surface area contributed by atoms with Crippen molar-refractivity contribution in [3.8, 4) is 5.88 Å². The summed E-state index contributed by atoms with van der Waals surface area (Å²) >= 11 is 5.00. The second-order valence-corrected chi connectivity index (χ2v) is 5.46. The average molecular weight is 364 g/mol. The molecule has 0 radical (unpaired) electrons. The molecule has 0 saturated carbocycles. The summed E-state index contributed by atoms with van der Waals surface area (Å²) in [6.45, 7) is 0. The summed E-state index contributed by atoms with van der Waals surface area (Å²) in [5, 5.41) is 20.8. The van der Waals surface area contributed by atoms with Gasteiger partial charge in [-0.25, -0.2) is 0 Å². The Kier molecular flexibility index (Phi) is 4.41. The summed E-state index contributed by atoms with van der Waals surface area (Å²) in [4.78, 5) is 2.75. The van der Waals surface area contributed by atoms with Gasteiger partial charge in [-0.15, -0.1) is 10.2 Å². The number of nitrogens with zero attached hydrogens (tertiary/aromatic N) is 2. The van der Waals surface area contributed by atoms with Crippen molar-refractivity contribution in [3.63, 3.8) is 0 Å². The highest BCUT2D eigenvalue weighted by molar-refractivity contribution is 7.80. The first kappa shape index (κ1) is 16.9. The van der Waals surface area contributed by atoms with Crippen molar-refractivity contribution in [2.75, 3.05) is 5.32 Å². The van der Waals surface area contributed by atoms with Crippen LogP contribution in [0.3, 0.4) is 0 Å². The highest BCUT2D eigenvalue weighted by atomic mass is 32.1. The predicted molar refractivity (Wildman–Crippen MR) is 92.1 cm³/mol. The lowest BCUT2D eigenvalue weighted by Crippen LogP contribution is -2.07. The molecule has 5 nitrogen and oxygen atoms in total. The fraction of sp³-hybridized carbons (Fsp3) is 0.0625. The molecule has 0 aliphatic carbocycles. The van der Waals surface area contributed by atoms with Gasteiger partial charge in [0.2, 0.25) is 11.0 Å². The molecule has 9 heteroatoms. The van der Waals surface area contributed by atoms with E-state index >= 15 is 0 Å². The molecule has 3 N–H and O–H groups in total. The van der Waals surface area contributed by atoms with Crippen LogP contribution in [0.4, 0.5) is 24.5 Å². The molecular weight excluding hydrogens is 353 g/mol. The minimum absolute atomic E-state index is 0.0514. The number of hydrogen-bond donors (Lipinski definition) is 3. The molecule has 128 valence electrons. The molecule has 0 fully saturated rings. The van der Waals surface area contributed by atoms with E-state index in [-0.39, 0.29) is 16.7 Å². The molecule has 0 aliphatic rings. The number of hydrogen-bond acceptors (Lipinski definition) is 3. The monoisotopic (exact) mass is 364 g/mol. The summed E-state index contributed by atoms with van der Waals surface area (Å²) in [5.41, 5.74) is 0.511. The molecule has 0 bridgehead atoms. The first-order valence-electron chi connectivity index (χ1n) is 7.04. The van der Waals surface area contributed by atoms with Crippen molar-refractivity contribution >= 4 is 39.6 Å². The molecule has 0 atom stereocenters. The van der Waals surface area contributed by atoms with Crippen LogP contribution in [-0.4, -0.2) is 15.2 Å². The van der Waals surface area contributed by atoms with E-state index in [9.17, 15) is 18.3 Å². The Balaban J connectivity index is 1.74. The fourth-order valence-corrected chi connectivity index (χ4v) is 2.36. The van der Waals surface area contributed by atoms with Crippen LogP contribution in [-0.2, 0) is 6.18 Å². The Labute approximate surface area is 145 Å². The van der Waals surface area contributed by atoms with E-state index in [1.165, 1.54) is 12.1 Å². The Morgan fingerprint density at radius 1 is 1.08 bits per heavy atom. The predicted octanol–water partition coefficient (Wildman–Crippen LogP) is 5.37. The summed E-state index contributed by atoms with van der Waals surface area (Å²) in [6, 6.07) is 11.5. The number of H-pyrrole nitrogens is 1. The molecule has 1 aromatic heterocycles. The Bertz CT molecular complexity index is 948. The van der Waals surface area contributed by atoms with E-state index in [0.717, 1.165) is 12.1 Å². The highest BCUT2D eigenvalue weighted by Crippen LogP contribution is 2.35. The normalized spacial score (nSPS) is 12.0. The lowest BCUT2D eigenvalue weighted by Gasteiger charge is -2.08. The molecule has 2 aromatic carbocycles. The third-order valence-corrected chi connectivity index (χ3v) is 3.55. The van der Waals surface area contributed by atoms with Gasteiger partial charge < -0.3 is 15.4 Å². The Morgan fingerprint density at radius 3 is 2.44 bits per heavy atom. The maximum Gasteiger partial charge on any atom is 0.416 e. The van der Waals surface area contributed by atoms with Crippen LogP contribution in [0.25, 0.3) is 10.9 Å². The molecule has 3 rings (SSSR count). The minimum atomic E-state index is -4.40. The summed E-state index contributed by atoms with van der Waals surface area (Å²) < 4.78 is 37.6. The molecular formula is C16H11F3N4OS. The largest absolute Gasteiger partial charge is 0.493 e. The number of alkyl halides is 3. The Hall–Kier alpha value is -2.94. The van der Waals surface area contributed by atoms with E-state index < -0.39 is 11.7 Å². The zero-order chi connectivity index (χ0) is 18.0. The molecule has 3 aromatic rings. The standard InChI is InChI=1S/C16H11F3N4OS/c17-16(18,19)9-5-7-10(8-6-9)20-15(25)23-22-13-11-3-1-2-4-12(11)21-14(13)24/h1-8,21,24H,(H,20,25). The third-order valence-electron chi connectivity index (χ3n) is 3.36. The van der Waals surface area contributed by atoms with E-state index in [1.807, 2.05) is 0 Å². The Morgan fingerprint density at radius 2 is 1.76 bits per heavy atom. The lowest BCUT2D eigenvalue weighted by molar-refractivity contribution is -0.137. The van der Waals surface area contributed by atoms with Crippen molar-refractivity contribution in [2.24, 2.45) is 10.2 Å². The van der Waals surface area contributed by atoms with Crippen LogP contribution in [0, 0.1) is 0 Å². The number of fused-ring (bicyclic) bond motifs is 1. The number of azo groups is 1. The van der Waals surface area contributed by atoms with E-state index in [0.29, 0.717) is 16.6 Å². The van der Waals surface area contributed by atoms with Gasteiger partial charge >= 0.3 is 6.18 Å². The number of para-hydroxylation sites is 1. The number of aromatic amines is 1. The van der Waals surface area contributed by atoms with Crippen molar-refractivity contribution in [1.82, 2.24) is 4.98 Å². The second kappa shape index (κ2) is 6.52. The van der Waals surface area contributed by atoms with Crippen molar-refractivity contribution in [1.29, 1.82) is 0 Å². The number of rotatable bonds is 2. The molecule has 1 heterocycles. The van der Waals surface area contributed by atoms with Crippen molar-refractivity contribution in [3.05, 3.63) is 54.1 Å². The number of aromatic nitrogens is 1. The zero-order valence-corrected chi connectivity index (χ0v) is 13.3. The topological polar surface area (TPSA) is 72.8 Å². The molecule has 0 spiro atoms. The van der Waals surface area contributed by atoms with Gasteiger partial charge in [-0.05, 0) is 42.5 Å². The molecule has 25 heavy (non-hydrogen) atoms. The number of anilines is 1. The van der Waals surface area contributed by atoms with Crippen molar-refractivity contribution < 1.29 is 18.3 Å². The van der Waals surface area contributed by atoms with Gasteiger partial charge in [0.1, 0.15) is 0 Å². The van der Waals surface area contributed by atoms with Crippen molar-refractivity contribution in [2.45, 2.75) is 6.18 Å². The molecule has 0 unspecified atom stereocenters. The number of benzene rings is 2. The van der Waals surface area contributed by atoms with Gasteiger partial charge in [0.05, 0.1) is 11.1 Å². The lowest BCUT2D eigenvalue weighted by atomic mass is 10.2. The maximum absolute atomic E-state index is 12.5. The number of thiocarbonyl (C=S) groups is 1. The van der Waals surface area contributed by atoms with Crippen LogP contribution < -0.4 is 5.32 Å². The van der Waals surface area contributed by atoms with Gasteiger partial charge in [-0.1, -0.05) is 18.2 Å². The maximum atomic E-state index is 12.5. The summed E-state index contributed by atoms with van der Waals surface area (Å²) in [5.74, 6) is -0.151. The fourth-order valence-electron chi connectivity index (χ4n) is 2.20. The van der Waals surface area contributed by atoms with Gasteiger partial charge in [-0.3, -0.25) is 0 Å². The number of nitrogens with one attached hydrogen (secondary N) is 2. The quantitative estimate of drug-likeness (QED) is 0.423. The average Bonchev–Trinajstić information content (AvgIpc) is 2.88. The second-order valence-electron chi connectivity index (χ2n) is 5.07. The van der Waals surface area contributed by atoms with Gasteiger partial charge in [0, 0.05) is 11.1 Å². The first-order valence-corrected chi connectivity index (χ1v) is 7.45. The number of aromatic hydroxyl groups is 1. The van der Waals surface area contributed by atoms with E-state index in [4.69, 9.17) is 12.2 Å². The summed E-state index contributed by atoms with van der Waals surface area (Å²) in [7, 11) is 0. The number of halogens is 3. The minimum Gasteiger partial charge on any atom is -0.493 e. The molecule has 0 aliphatic heterocycles. The van der Waals surface area contributed by atoms with Crippen LogP contribution in [0.1, 0.15) is 5.56 Å². The van der Waals surface area contributed by atoms with Crippen LogP contribution >= 0.6 is 12.2 Å². The zero-order valence-electron chi connectivity index (χ0n) is 12.5. The van der Waals surface area contributed by atoms with Gasteiger partial charge in [0.15, 0.2) is 5.69 Å². The molecule has 0 saturated heterocycles. The SMILES string of the molecule is Oc1[nH]c2ccccc2c1N=NC(=S)Nc1ccc(C(F)(F)F)cc1.